The third-order valence-corrected chi connectivity index (χ3v) is 5.13. The molecule has 0 N–H and O–H groups in total. The van der Waals surface area contributed by atoms with Crippen molar-refractivity contribution in [3.8, 4) is 5.75 Å². The van der Waals surface area contributed by atoms with E-state index >= 15 is 0 Å². The number of halogens is 2. The van der Waals surface area contributed by atoms with Gasteiger partial charge in [-0.05, 0) is 62.2 Å². The lowest BCUT2D eigenvalue weighted by molar-refractivity contribution is -0.149. The summed E-state index contributed by atoms with van der Waals surface area (Å²) in [6.07, 6.45) is 2.75. The third-order valence-electron chi connectivity index (χ3n) is 4.34. The van der Waals surface area contributed by atoms with E-state index in [2.05, 4.69) is 26.0 Å². The Bertz CT molecular complexity index is 1220. The van der Waals surface area contributed by atoms with Gasteiger partial charge < -0.3 is 9.47 Å². The molecule has 0 fully saturated rings. The van der Waals surface area contributed by atoms with Crippen LogP contribution in [0.1, 0.15) is 38.6 Å². The van der Waals surface area contributed by atoms with Gasteiger partial charge in [0.2, 0.25) is 0 Å². The van der Waals surface area contributed by atoms with Crippen LogP contribution in [0.4, 0.5) is 0 Å². The van der Waals surface area contributed by atoms with Crippen LogP contribution in [0.2, 0.25) is 5.02 Å². The molecule has 1 heterocycles. The Morgan fingerprint density at radius 1 is 1.28 bits per heavy atom. The summed E-state index contributed by atoms with van der Waals surface area (Å²) in [5.41, 5.74) is 1.05. The summed E-state index contributed by atoms with van der Waals surface area (Å²) in [6, 6.07) is 10.4. The fraction of sp³-hybridized carbons (Fsp3) is 0.304. The predicted molar refractivity (Wildman–Crippen MR) is 129 cm³/mol. The summed E-state index contributed by atoms with van der Waals surface area (Å²) in [7, 11) is 0. The van der Waals surface area contributed by atoms with Crippen molar-refractivity contribution in [2.24, 2.45) is 5.10 Å². The monoisotopic (exact) mass is 519 g/mol. The molecule has 32 heavy (non-hydrogen) atoms. The lowest BCUT2D eigenvalue weighted by Crippen LogP contribution is -2.22. The van der Waals surface area contributed by atoms with E-state index in [1.165, 1.54) is 10.9 Å². The van der Waals surface area contributed by atoms with Gasteiger partial charge in [0.1, 0.15) is 11.6 Å². The average molecular weight is 521 g/mol. The van der Waals surface area contributed by atoms with E-state index in [1.807, 2.05) is 19.1 Å². The van der Waals surface area contributed by atoms with Crippen molar-refractivity contribution in [2.75, 3.05) is 6.61 Å². The van der Waals surface area contributed by atoms with E-state index in [9.17, 15) is 9.59 Å². The van der Waals surface area contributed by atoms with Crippen molar-refractivity contribution >= 4 is 50.6 Å². The number of fused-ring (bicyclic) bond motifs is 1. The topological polar surface area (TPSA) is 82.8 Å². The highest BCUT2D eigenvalue weighted by Gasteiger charge is 2.11. The fourth-order valence-corrected chi connectivity index (χ4v) is 3.58. The van der Waals surface area contributed by atoms with Crippen molar-refractivity contribution in [1.29, 1.82) is 0 Å². The highest BCUT2D eigenvalue weighted by Crippen LogP contribution is 2.25. The number of carbonyl (C=O) groups is 1. The molecule has 0 aliphatic rings. The van der Waals surface area contributed by atoms with Gasteiger partial charge in [-0.3, -0.25) is 4.79 Å². The number of benzene rings is 2. The molecule has 1 aromatic heterocycles. The molecule has 7 nitrogen and oxygen atoms in total. The maximum Gasteiger partial charge on any atom is 0.344 e. The van der Waals surface area contributed by atoms with Crippen LogP contribution in [-0.4, -0.2) is 34.6 Å². The minimum absolute atomic E-state index is 0.216. The first-order valence-corrected chi connectivity index (χ1v) is 11.3. The SMILES string of the molecule is CCCc1nc2ccc(Br)cc2c(=O)n1N=Cc1ccc(OCC(=O)OC(C)C)c(Cl)c1. The highest BCUT2D eigenvalue weighted by molar-refractivity contribution is 9.10. The molecule has 9 heteroatoms. The maximum atomic E-state index is 13.0. The van der Waals surface area contributed by atoms with Gasteiger partial charge in [0.25, 0.3) is 5.56 Å². The average Bonchev–Trinajstić information content (AvgIpc) is 2.73. The Kier molecular flexibility index (Phi) is 8.04. The maximum absolute atomic E-state index is 13.0. The molecule has 168 valence electrons. The van der Waals surface area contributed by atoms with Gasteiger partial charge in [0.05, 0.1) is 28.2 Å². The van der Waals surface area contributed by atoms with E-state index in [0.717, 1.165) is 10.9 Å². The number of ether oxygens (including phenoxy) is 2. The number of carbonyl (C=O) groups excluding carboxylic acids is 1. The van der Waals surface area contributed by atoms with Crippen LogP contribution in [-0.2, 0) is 16.0 Å². The van der Waals surface area contributed by atoms with E-state index < -0.39 is 5.97 Å². The number of hydrogen-bond acceptors (Lipinski definition) is 6. The van der Waals surface area contributed by atoms with Crippen molar-refractivity contribution < 1.29 is 14.3 Å². The first-order chi connectivity index (χ1) is 15.3. The molecule has 3 aromatic rings. The molecule has 0 bridgehead atoms. The van der Waals surface area contributed by atoms with Crippen LogP contribution in [0.3, 0.4) is 0 Å². The minimum Gasteiger partial charge on any atom is -0.480 e. The number of hydrogen-bond donors (Lipinski definition) is 0. The Labute approximate surface area is 199 Å². The molecular formula is C23H23BrClN3O4. The number of aromatic nitrogens is 2. The van der Waals surface area contributed by atoms with Crippen LogP contribution in [0.25, 0.3) is 10.9 Å². The summed E-state index contributed by atoms with van der Waals surface area (Å²) in [5, 5.41) is 5.17. The van der Waals surface area contributed by atoms with Crippen molar-refractivity contribution in [3.05, 3.63) is 67.6 Å². The Morgan fingerprint density at radius 3 is 2.75 bits per heavy atom. The van der Waals surface area contributed by atoms with Gasteiger partial charge >= 0.3 is 5.97 Å². The first-order valence-electron chi connectivity index (χ1n) is 10.2. The van der Waals surface area contributed by atoms with Gasteiger partial charge in [-0.2, -0.15) is 9.78 Å². The zero-order valence-corrected chi connectivity index (χ0v) is 20.3. The molecule has 0 saturated heterocycles. The highest BCUT2D eigenvalue weighted by atomic mass is 79.9. The van der Waals surface area contributed by atoms with Crippen molar-refractivity contribution in [2.45, 2.75) is 39.7 Å². The van der Waals surface area contributed by atoms with Crippen LogP contribution in [0, 0.1) is 0 Å². The van der Waals surface area contributed by atoms with Gasteiger partial charge in [0.15, 0.2) is 6.61 Å². The Morgan fingerprint density at radius 2 is 2.06 bits per heavy atom. The summed E-state index contributed by atoms with van der Waals surface area (Å²) in [4.78, 5) is 29.3. The molecule has 3 rings (SSSR count). The van der Waals surface area contributed by atoms with Crippen molar-refractivity contribution in [3.63, 3.8) is 0 Å². The summed E-state index contributed by atoms with van der Waals surface area (Å²) in [6.45, 7) is 5.31. The smallest absolute Gasteiger partial charge is 0.344 e. The van der Waals surface area contributed by atoms with Crippen LogP contribution in [0.15, 0.2) is 50.8 Å². The van der Waals surface area contributed by atoms with Crippen molar-refractivity contribution in [1.82, 2.24) is 9.66 Å². The van der Waals surface area contributed by atoms with Gasteiger partial charge in [0, 0.05) is 10.9 Å². The molecular weight excluding hydrogens is 498 g/mol. The second-order valence-electron chi connectivity index (χ2n) is 7.32. The fourth-order valence-electron chi connectivity index (χ4n) is 2.97. The third kappa shape index (κ3) is 5.95. The zero-order valence-electron chi connectivity index (χ0n) is 18.0. The number of esters is 1. The predicted octanol–water partition coefficient (Wildman–Crippen LogP) is 4.98. The molecule has 2 aromatic carbocycles. The quantitative estimate of drug-likeness (QED) is 0.309. The van der Waals surface area contributed by atoms with Crippen LogP contribution in [0.5, 0.6) is 5.75 Å². The molecule has 0 unspecified atom stereocenters. The van der Waals surface area contributed by atoms with E-state index in [1.54, 1.807) is 38.1 Å². The van der Waals surface area contributed by atoms with Gasteiger partial charge in [-0.15, -0.1) is 0 Å². The van der Waals surface area contributed by atoms with E-state index in [-0.39, 0.29) is 18.3 Å². The molecule has 0 aliphatic heterocycles. The second kappa shape index (κ2) is 10.7. The Balaban J connectivity index is 1.86. The second-order valence-corrected chi connectivity index (χ2v) is 8.64. The zero-order chi connectivity index (χ0) is 23.3. The minimum atomic E-state index is -0.472. The van der Waals surface area contributed by atoms with Crippen LogP contribution < -0.4 is 10.3 Å². The lowest BCUT2D eigenvalue weighted by Gasteiger charge is -2.11. The summed E-state index contributed by atoms with van der Waals surface area (Å²) >= 11 is 9.68. The lowest BCUT2D eigenvalue weighted by atomic mass is 10.2. The molecule has 0 atom stereocenters. The standard InChI is InChI=1S/C23H23BrClN3O4/c1-4-5-21-27-19-8-7-16(24)11-17(19)23(30)28(21)26-12-15-6-9-20(18(25)10-15)31-13-22(29)32-14(2)3/h6-12,14H,4-5,13H2,1-3H3. The molecule has 0 aliphatic carbocycles. The van der Waals surface area contributed by atoms with E-state index in [0.29, 0.717) is 39.5 Å². The molecule has 0 spiro atoms. The summed E-state index contributed by atoms with van der Waals surface area (Å²) < 4.78 is 12.6. The number of rotatable bonds is 8. The van der Waals surface area contributed by atoms with E-state index in [4.69, 9.17) is 21.1 Å². The van der Waals surface area contributed by atoms with Crippen LogP contribution >= 0.6 is 27.5 Å². The molecule has 0 radical (unpaired) electrons. The van der Waals surface area contributed by atoms with Gasteiger partial charge in [-0.25, -0.2) is 9.78 Å². The van der Waals surface area contributed by atoms with Gasteiger partial charge in [-0.1, -0.05) is 34.5 Å². The normalized spacial score (nSPS) is 11.4. The molecule has 0 amide bonds. The number of nitrogens with zero attached hydrogens (tertiary/aromatic N) is 3. The molecule has 0 saturated carbocycles. The Hall–Kier alpha value is -2.71. The largest absolute Gasteiger partial charge is 0.480 e. The first kappa shape index (κ1) is 23.9. The summed E-state index contributed by atoms with van der Waals surface area (Å²) in [5.74, 6) is 0.462. The number of aryl methyl sites for hydroxylation is 1.